The van der Waals surface area contributed by atoms with Crippen LogP contribution in [0.15, 0.2) is 46.4 Å². The van der Waals surface area contributed by atoms with Crippen LogP contribution in [0, 0.1) is 0 Å². The number of thiazole rings is 1. The van der Waals surface area contributed by atoms with E-state index in [0.717, 1.165) is 9.35 Å². The molecule has 0 aliphatic rings. The fraction of sp³-hybridized carbons (Fsp3) is 0.0714. The Morgan fingerprint density at radius 3 is 2.76 bits per heavy atom. The van der Waals surface area contributed by atoms with Gasteiger partial charge in [0, 0.05) is 6.08 Å². The van der Waals surface area contributed by atoms with Crippen molar-refractivity contribution < 1.29 is 14.3 Å². The highest BCUT2D eigenvalue weighted by molar-refractivity contribution is 9.11. The van der Waals surface area contributed by atoms with Crippen LogP contribution in [0.4, 0.5) is 5.13 Å². The van der Waals surface area contributed by atoms with Crippen molar-refractivity contribution in [2.24, 2.45) is 0 Å². The van der Waals surface area contributed by atoms with Crippen molar-refractivity contribution in [3.8, 4) is 0 Å². The predicted octanol–water partition coefficient (Wildman–Crippen LogP) is 3.10. The highest BCUT2D eigenvalue weighted by Crippen LogP contribution is 2.22. The Bertz CT molecular complexity index is 655. The first-order valence-electron chi connectivity index (χ1n) is 5.94. The average Bonchev–Trinajstić information content (AvgIpc) is 2.89. The second-order valence-electron chi connectivity index (χ2n) is 3.87. The lowest BCUT2D eigenvalue weighted by atomic mass is 10.2. The summed E-state index contributed by atoms with van der Waals surface area (Å²) in [6.45, 7) is -0.352. The van der Waals surface area contributed by atoms with E-state index in [1.54, 1.807) is 12.3 Å². The summed E-state index contributed by atoms with van der Waals surface area (Å²) in [7, 11) is 0. The molecular formula is C14H11BrN2O3S. The molecule has 1 amide bonds. The van der Waals surface area contributed by atoms with Crippen LogP contribution in [-0.2, 0) is 14.3 Å². The quantitative estimate of drug-likeness (QED) is 0.651. The van der Waals surface area contributed by atoms with Crippen molar-refractivity contribution in [1.29, 1.82) is 0 Å². The lowest BCUT2D eigenvalue weighted by Gasteiger charge is -2.01. The van der Waals surface area contributed by atoms with Crippen LogP contribution < -0.4 is 5.32 Å². The molecule has 0 bridgehead atoms. The van der Waals surface area contributed by atoms with E-state index in [9.17, 15) is 9.59 Å². The van der Waals surface area contributed by atoms with Gasteiger partial charge in [0.2, 0.25) is 0 Å². The van der Waals surface area contributed by atoms with Gasteiger partial charge in [-0.15, -0.1) is 0 Å². The molecule has 0 spiro atoms. The first-order valence-corrected chi connectivity index (χ1v) is 7.55. The zero-order valence-corrected chi connectivity index (χ0v) is 13.2. The number of ether oxygens (including phenoxy) is 1. The third-order valence-electron chi connectivity index (χ3n) is 2.28. The van der Waals surface area contributed by atoms with Gasteiger partial charge < -0.3 is 4.74 Å². The van der Waals surface area contributed by atoms with Gasteiger partial charge in [0.1, 0.15) is 0 Å². The van der Waals surface area contributed by atoms with Crippen LogP contribution in [0.2, 0.25) is 0 Å². The number of nitrogens with zero attached hydrogens (tertiary/aromatic N) is 1. The van der Waals surface area contributed by atoms with Crippen LogP contribution >= 0.6 is 27.3 Å². The summed E-state index contributed by atoms with van der Waals surface area (Å²) in [5.41, 5.74) is 0.881. The second kappa shape index (κ2) is 7.70. The molecule has 0 fully saturated rings. The maximum Gasteiger partial charge on any atom is 0.331 e. The smallest absolute Gasteiger partial charge is 0.331 e. The largest absolute Gasteiger partial charge is 0.452 e. The molecule has 2 aromatic rings. The fourth-order valence-electron chi connectivity index (χ4n) is 1.38. The summed E-state index contributed by atoms with van der Waals surface area (Å²) < 4.78 is 5.64. The number of aromatic nitrogens is 1. The standard InChI is InChI=1S/C14H11BrN2O3S/c15-11-8-16-14(21-11)17-12(18)9-20-13(19)7-6-10-4-2-1-3-5-10/h1-8H,9H2,(H,16,17,18). The summed E-state index contributed by atoms with van der Waals surface area (Å²) in [6.07, 6.45) is 4.48. The summed E-state index contributed by atoms with van der Waals surface area (Å²) in [4.78, 5) is 27.0. The highest BCUT2D eigenvalue weighted by atomic mass is 79.9. The van der Waals surface area contributed by atoms with E-state index in [1.807, 2.05) is 30.3 Å². The minimum absolute atomic E-state index is 0.352. The molecule has 0 aliphatic heterocycles. The molecule has 1 heterocycles. The molecular weight excluding hydrogens is 356 g/mol. The molecule has 0 unspecified atom stereocenters. The highest BCUT2D eigenvalue weighted by Gasteiger charge is 2.07. The minimum Gasteiger partial charge on any atom is -0.452 e. The van der Waals surface area contributed by atoms with Crippen molar-refractivity contribution >= 4 is 50.4 Å². The average molecular weight is 367 g/mol. The Kier molecular flexibility index (Phi) is 5.65. The first kappa shape index (κ1) is 15.4. The number of esters is 1. The van der Waals surface area contributed by atoms with Crippen LogP contribution in [0.3, 0.4) is 0 Å². The van der Waals surface area contributed by atoms with Gasteiger partial charge in [0.05, 0.1) is 9.98 Å². The van der Waals surface area contributed by atoms with Crippen molar-refractivity contribution in [3.05, 3.63) is 52.0 Å². The number of hydrogen-bond acceptors (Lipinski definition) is 5. The fourth-order valence-corrected chi connectivity index (χ4v) is 2.50. The van der Waals surface area contributed by atoms with Gasteiger partial charge in [0.25, 0.3) is 5.91 Å². The van der Waals surface area contributed by atoms with Crippen molar-refractivity contribution in [3.63, 3.8) is 0 Å². The van der Waals surface area contributed by atoms with E-state index >= 15 is 0 Å². The number of nitrogens with one attached hydrogen (secondary N) is 1. The van der Waals surface area contributed by atoms with Crippen LogP contribution in [0.25, 0.3) is 6.08 Å². The number of benzene rings is 1. The number of carbonyl (C=O) groups excluding carboxylic acids is 2. The Morgan fingerprint density at radius 1 is 1.33 bits per heavy atom. The number of carbonyl (C=O) groups is 2. The molecule has 0 radical (unpaired) electrons. The van der Waals surface area contributed by atoms with Gasteiger partial charge >= 0.3 is 5.97 Å². The van der Waals surface area contributed by atoms with Gasteiger partial charge in [-0.25, -0.2) is 9.78 Å². The van der Waals surface area contributed by atoms with Gasteiger partial charge in [-0.3, -0.25) is 10.1 Å². The third kappa shape index (κ3) is 5.49. The van der Waals surface area contributed by atoms with Crippen molar-refractivity contribution in [2.75, 3.05) is 11.9 Å². The second-order valence-corrected chi connectivity index (χ2v) is 6.28. The molecule has 0 saturated carbocycles. The summed E-state index contributed by atoms with van der Waals surface area (Å²) >= 11 is 4.51. The Balaban J connectivity index is 1.76. The van der Waals surface area contributed by atoms with Gasteiger partial charge in [-0.2, -0.15) is 0 Å². The molecule has 7 heteroatoms. The monoisotopic (exact) mass is 366 g/mol. The van der Waals surface area contributed by atoms with Gasteiger partial charge in [-0.05, 0) is 27.6 Å². The Hall–Kier alpha value is -1.99. The molecule has 0 atom stereocenters. The lowest BCUT2D eigenvalue weighted by Crippen LogP contribution is -2.19. The van der Waals surface area contributed by atoms with Crippen molar-refractivity contribution in [1.82, 2.24) is 4.98 Å². The van der Waals surface area contributed by atoms with E-state index in [-0.39, 0.29) is 6.61 Å². The molecule has 0 saturated heterocycles. The van der Waals surface area contributed by atoms with Gasteiger partial charge in [0.15, 0.2) is 11.7 Å². The van der Waals surface area contributed by atoms with Crippen molar-refractivity contribution in [2.45, 2.75) is 0 Å². The van der Waals surface area contributed by atoms with Crippen LogP contribution in [-0.4, -0.2) is 23.5 Å². The number of halogens is 1. The molecule has 108 valence electrons. The van der Waals surface area contributed by atoms with Gasteiger partial charge in [-0.1, -0.05) is 41.7 Å². The molecule has 1 N–H and O–H groups in total. The lowest BCUT2D eigenvalue weighted by molar-refractivity contribution is -0.142. The topological polar surface area (TPSA) is 68.3 Å². The van der Waals surface area contributed by atoms with E-state index in [2.05, 4.69) is 26.2 Å². The summed E-state index contributed by atoms with van der Waals surface area (Å²) in [5.74, 6) is -1.01. The molecule has 21 heavy (non-hydrogen) atoms. The zero-order valence-electron chi connectivity index (χ0n) is 10.8. The number of anilines is 1. The normalized spacial score (nSPS) is 10.5. The SMILES string of the molecule is O=C(COC(=O)C=Cc1ccccc1)Nc1ncc(Br)s1. The maximum absolute atomic E-state index is 11.5. The maximum atomic E-state index is 11.5. The summed E-state index contributed by atoms with van der Waals surface area (Å²) in [6, 6.07) is 9.33. The number of rotatable bonds is 5. The van der Waals surface area contributed by atoms with E-state index in [0.29, 0.717) is 5.13 Å². The minimum atomic E-state index is -0.575. The van der Waals surface area contributed by atoms with E-state index in [1.165, 1.54) is 17.4 Å². The molecule has 2 rings (SSSR count). The zero-order chi connectivity index (χ0) is 15.1. The number of amides is 1. The Labute approximate surface area is 133 Å². The predicted molar refractivity (Wildman–Crippen MR) is 84.9 cm³/mol. The molecule has 1 aromatic heterocycles. The molecule has 0 aliphatic carbocycles. The molecule has 5 nitrogen and oxygen atoms in total. The van der Waals surface area contributed by atoms with Crippen LogP contribution in [0.1, 0.15) is 5.56 Å². The molecule has 1 aromatic carbocycles. The third-order valence-corrected chi connectivity index (χ3v) is 3.67. The van der Waals surface area contributed by atoms with Crippen LogP contribution in [0.5, 0.6) is 0 Å². The summed E-state index contributed by atoms with van der Waals surface area (Å²) in [5, 5.41) is 2.98. The first-order chi connectivity index (χ1) is 10.1. The van der Waals surface area contributed by atoms with E-state index in [4.69, 9.17) is 4.74 Å². The Morgan fingerprint density at radius 2 is 2.10 bits per heavy atom. The number of hydrogen-bond donors (Lipinski definition) is 1. The van der Waals surface area contributed by atoms with E-state index < -0.39 is 11.9 Å².